The lowest BCUT2D eigenvalue weighted by atomic mass is 10.1. The molecule has 0 amide bonds. The molecule has 2 N–H and O–H groups in total. The summed E-state index contributed by atoms with van der Waals surface area (Å²) < 4.78 is 1.81. The van der Waals surface area contributed by atoms with Crippen molar-refractivity contribution in [3.8, 4) is 0 Å². The lowest BCUT2D eigenvalue weighted by molar-refractivity contribution is 0.643. The summed E-state index contributed by atoms with van der Waals surface area (Å²) in [7, 11) is 0. The maximum absolute atomic E-state index is 5.69. The Morgan fingerprint density at radius 1 is 1.64 bits per heavy atom. The van der Waals surface area contributed by atoms with Crippen LogP contribution in [0.4, 0.5) is 5.82 Å². The molecule has 0 bridgehead atoms. The van der Waals surface area contributed by atoms with E-state index in [1.54, 1.807) is 0 Å². The third-order valence-electron chi connectivity index (χ3n) is 1.72. The van der Waals surface area contributed by atoms with Crippen LogP contribution in [0.25, 0.3) is 0 Å². The molecule has 0 spiro atoms. The molecule has 11 heavy (non-hydrogen) atoms. The van der Waals surface area contributed by atoms with Crippen molar-refractivity contribution in [2.24, 2.45) is 0 Å². The van der Waals surface area contributed by atoms with Crippen molar-refractivity contribution in [1.82, 2.24) is 9.78 Å². The smallest absolute Gasteiger partial charge is 0.121 e. The van der Waals surface area contributed by atoms with Crippen molar-refractivity contribution >= 4 is 5.82 Å². The van der Waals surface area contributed by atoms with Crippen LogP contribution in [0.1, 0.15) is 32.4 Å². The highest BCUT2D eigenvalue weighted by Gasteiger charge is 2.05. The molecule has 0 atom stereocenters. The molecule has 0 aliphatic heterocycles. The summed E-state index contributed by atoms with van der Waals surface area (Å²) in [5.74, 6) is 1.22. The molecular formula is C8H15N3. The molecule has 0 aliphatic rings. The Hall–Kier alpha value is -0.990. The number of aromatic nitrogens is 2. The molecule has 1 aromatic rings. The Balaban J connectivity index is 2.95. The molecule has 0 aromatic carbocycles. The molecule has 0 aliphatic carbocycles. The minimum Gasteiger partial charge on any atom is -0.384 e. The van der Waals surface area contributed by atoms with Crippen LogP contribution in [-0.2, 0) is 6.54 Å². The minimum atomic E-state index is 0.463. The van der Waals surface area contributed by atoms with Gasteiger partial charge >= 0.3 is 0 Å². The van der Waals surface area contributed by atoms with Gasteiger partial charge in [0.2, 0.25) is 0 Å². The Morgan fingerprint density at radius 2 is 2.27 bits per heavy atom. The Labute approximate surface area is 67.2 Å². The second-order valence-electron chi connectivity index (χ2n) is 2.96. The number of nitrogen functional groups attached to an aromatic ring is 1. The monoisotopic (exact) mass is 153 g/mol. The van der Waals surface area contributed by atoms with E-state index in [0.717, 1.165) is 18.1 Å². The fourth-order valence-corrected chi connectivity index (χ4v) is 0.987. The van der Waals surface area contributed by atoms with E-state index < -0.39 is 0 Å². The molecule has 0 saturated heterocycles. The van der Waals surface area contributed by atoms with E-state index in [2.05, 4.69) is 18.9 Å². The SMILES string of the molecule is CCn1nc(C(C)C)cc1N. The zero-order chi connectivity index (χ0) is 8.43. The lowest BCUT2D eigenvalue weighted by Crippen LogP contribution is -2.02. The van der Waals surface area contributed by atoms with Gasteiger partial charge in [0, 0.05) is 12.6 Å². The van der Waals surface area contributed by atoms with Crippen molar-refractivity contribution in [3.05, 3.63) is 11.8 Å². The molecule has 62 valence electrons. The number of nitrogens with zero attached hydrogens (tertiary/aromatic N) is 2. The molecule has 0 radical (unpaired) electrons. The largest absolute Gasteiger partial charge is 0.384 e. The Kier molecular flexibility index (Phi) is 2.17. The van der Waals surface area contributed by atoms with Gasteiger partial charge in [-0.3, -0.25) is 4.68 Å². The van der Waals surface area contributed by atoms with Gasteiger partial charge in [-0.2, -0.15) is 5.10 Å². The maximum Gasteiger partial charge on any atom is 0.121 e. The number of nitrogens with two attached hydrogens (primary N) is 1. The van der Waals surface area contributed by atoms with Gasteiger partial charge in [-0.15, -0.1) is 0 Å². The molecule has 1 rings (SSSR count). The van der Waals surface area contributed by atoms with Gasteiger partial charge in [0.1, 0.15) is 5.82 Å². The van der Waals surface area contributed by atoms with Crippen LogP contribution in [0, 0.1) is 0 Å². The average molecular weight is 153 g/mol. The molecule has 0 saturated carbocycles. The van der Waals surface area contributed by atoms with Crippen LogP contribution in [0.5, 0.6) is 0 Å². The van der Waals surface area contributed by atoms with E-state index in [1.165, 1.54) is 0 Å². The molecular weight excluding hydrogens is 138 g/mol. The maximum atomic E-state index is 5.69. The molecule has 0 fully saturated rings. The van der Waals surface area contributed by atoms with Gasteiger partial charge in [-0.25, -0.2) is 0 Å². The van der Waals surface area contributed by atoms with E-state index in [9.17, 15) is 0 Å². The third kappa shape index (κ3) is 1.53. The molecule has 0 unspecified atom stereocenters. The zero-order valence-corrected chi connectivity index (χ0v) is 7.33. The van der Waals surface area contributed by atoms with Crippen molar-refractivity contribution in [3.63, 3.8) is 0 Å². The van der Waals surface area contributed by atoms with Crippen molar-refractivity contribution < 1.29 is 0 Å². The molecule has 3 heteroatoms. The van der Waals surface area contributed by atoms with E-state index in [-0.39, 0.29) is 0 Å². The average Bonchev–Trinajstić information content (AvgIpc) is 2.31. The highest BCUT2D eigenvalue weighted by molar-refractivity contribution is 5.31. The van der Waals surface area contributed by atoms with Crippen molar-refractivity contribution in [2.75, 3.05) is 5.73 Å². The van der Waals surface area contributed by atoms with Crippen LogP contribution >= 0.6 is 0 Å². The Bertz CT molecular complexity index is 237. The highest BCUT2D eigenvalue weighted by Crippen LogP contribution is 2.15. The first-order chi connectivity index (χ1) is 5.15. The predicted octanol–water partition coefficient (Wildman–Crippen LogP) is 1.61. The molecule has 1 aromatic heterocycles. The number of hydrogen-bond acceptors (Lipinski definition) is 2. The van der Waals surface area contributed by atoms with E-state index in [1.807, 2.05) is 17.7 Å². The van der Waals surface area contributed by atoms with Crippen LogP contribution in [0.15, 0.2) is 6.07 Å². The van der Waals surface area contributed by atoms with Crippen LogP contribution in [-0.4, -0.2) is 9.78 Å². The fourth-order valence-electron chi connectivity index (χ4n) is 0.987. The van der Waals surface area contributed by atoms with E-state index >= 15 is 0 Å². The van der Waals surface area contributed by atoms with Crippen molar-refractivity contribution in [2.45, 2.75) is 33.2 Å². The quantitative estimate of drug-likeness (QED) is 0.701. The Morgan fingerprint density at radius 3 is 2.55 bits per heavy atom. The van der Waals surface area contributed by atoms with Gasteiger partial charge in [-0.05, 0) is 12.8 Å². The van der Waals surface area contributed by atoms with Crippen LogP contribution < -0.4 is 5.73 Å². The number of rotatable bonds is 2. The highest BCUT2D eigenvalue weighted by atomic mass is 15.3. The fraction of sp³-hybridized carbons (Fsp3) is 0.625. The summed E-state index contributed by atoms with van der Waals surface area (Å²) in [6.07, 6.45) is 0. The third-order valence-corrected chi connectivity index (χ3v) is 1.72. The topological polar surface area (TPSA) is 43.8 Å². The van der Waals surface area contributed by atoms with Crippen LogP contribution in [0.3, 0.4) is 0 Å². The normalized spacial score (nSPS) is 10.9. The first-order valence-corrected chi connectivity index (χ1v) is 3.98. The van der Waals surface area contributed by atoms with Gasteiger partial charge in [0.05, 0.1) is 5.69 Å². The summed E-state index contributed by atoms with van der Waals surface area (Å²) in [6.45, 7) is 7.11. The molecule has 1 heterocycles. The first kappa shape index (κ1) is 8.11. The van der Waals surface area contributed by atoms with E-state index in [4.69, 9.17) is 5.73 Å². The summed E-state index contributed by atoms with van der Waals surface area (Å²) in [5, 5.41) is 4.32. The van der Waals surface area contributed by atoms with Gasteiger partial charge in [-0.1, -0.05) is 13.8 Å². The van der Waals surface area contributed by atoms with Gasteiger partial charge < -0.3 is 5.73 Å². The second-order valence-corrected chi connectivity index (χ2v) is 2.96. The van der Waals surface area contributed by atoms with E-state index in [0.29, 0.717) is 5.92 Å². The summed E-state index contributed by atoms with van der Waals surface area (Å²) in [5.41, 5.74) is 6.76. The van der Waals surface area contributed by atoms with Gasteiger partial charge in [0.25, 0.3) is 0 Å². The number of anilines is 1. The molecule has 3 nitrogen and oxygen atoms in total. The first-order valence-electron chi connectivity index (χ1n) is 3.98. The predicted molar refractivity (Wildman–Crippen MR) is 46.4 cm³/mol. The van der Waals surface area contributed by atoms with Gasteiger partial charge in [0.15, 0.2) is 0 Å². The lowest BCUT2D eigenvalue weighted by Gasteiger charge is -1.98. The summed E-state index contributed by atoms with van der Waals surface area (Å²) in [4.78, 5) is 0. The second kappa shape index (κ2) is 2.95. The number of aryl methyl sites for hydroxylation is 1. The van der Waals surface area contributed by atoms with Crippen molar-refractivity contribution in [1.29, 1.82) is 0 Å². The zero-order valence-electron chi connectivity index (χ0n) is 7.33. The minimum absolute atomic E-state index is 0.463. The summed E-state index contributed by atoms with van der Waals surface area (Å²) >= 11 is 0. The summed E-state index contributed by atoms with van der Waals surface area (Å²) in [6, 6.07) is 1.94. The standard InChI is InChI=1S/C8H15N3/c1-4-11-8(9)5-7(10-11)6(2)3/h5-6H,4,9H2,1-3H3. The number of hydrogen-bond donors (Lipinski definition) is 1. The van der Waals surface area contributed by atoms with Crippen LogP contribution in [0.2, 0.25) is 0 Å².